The molecule has 30 heavy (non-hydrogen) atoms. The third-order valence-electron chi connectivity index (χ3n) is 4.76. The van der Waals surface area contributed by atoms with Gasteiger partial charge in [-0.3, -0.25) is 10.2 Å². The summed E-state index contributed by atoms with van der Waals surface area (Å²) in [6.45, 7) is 0. The molecule has 1 aromatic heterocycles. The van der Waals surface area contributed by atoms with Crippen molar-refractivity contribution in [2.45, 2.75) is 12.6 Å². The van der Waals surface area contributed by atoms with Crippen molar-refractivity contribution in [3.05, 3.63) is 78.2 Å². The van der Waals surface area contributed by atoms with Crippen LogP contribution in [0.15, 0.2) is 71.9 Å². The van der Waals surface area contributed by atoms with E-state index in [2.05, 4.69) is 15.4 Å². The number of anilines is 1. The minimum Gasteiger partial charge on any atom is -0.496 e. The van der Waals surface area contributed by atoms with Gasteiger partial charge in [0.1, 0.15) is 23.6 Å². The summed E-state index contributed by atoms with van der Waals surface area (Å²) >= 11 is 0. The monoisotopic (exact) mass is 405 g/mol. The van der Waals surface area contributed by atoms with Gasteiger partial charge in [-0.15, -0.1) is 0 Å². The van der Waals surface area contributed by atoms with Gasteiger partial charge in [-0.05, 0) is 41.5 Å². The van der Waals surface area contributed by atoms with Crippen molar-refractivity contribution in [2.24, 2.45) is 10.7 Å². The Morgan fingerprint density at radius 2 is 2.00 bits per heavy atom. The molecule has 0 saturated carbocycles. The van der Waals surface area contributed by atoms with Crippen LogP contribution in [0.4, 0.5) is 10.2 Å². The number of nitrogens with two attached hydrogens (primary N) is 1. The Morgan fingerprint density at radius 3 is 2.73 bits per heavy atom. The van der Waals surface area contributed by atoms with E-state index in [1.165, 1.54) is 19.2 Å². The van der Waals surface area contributed by atoms with Crippen LogP contribution in [-0.4, -0.2) is 30.0 Å². The average Bonchev–Trinajstić information content (AvgIpc) is 3.19. The summed E-state index contributed by atoms with van der Waals surface area (Å²) in [5, 5.41) is 1.68. The van der Waals surface area contributed by atoms with E-state index in [0.29, 0.717) is 29.1 Å². The maximum absolute atomic E-state index is 13.9. The molecule has 0 spiro atoms. The fraction of sp³-hybridized carbons (Fsp3) is 0.136. The predicted octanol–water partition coefficient (Wildman–Crippen LogP) is 2.67. The summed E-state index contributed by atoms with van der Waals surface area (Å²) in [7, 11) is 1.53. The molecule has 7 nitrogen and oxygen atoms in total. The van der Waals surface area contributed by atoms with E-state index in [1.54, 1.807) is 29.4 Å². The molecule has 3 aromatic rings. The molecular weight excluding hydrogens is 385 g/mol. The lowest BCUT2D eigenvalue weighted by Gasteiger charge is -2.24. The highest BCUT2D eigenvalue weighted by molar-refractivity contribution is 6.38. The van der Waals surface area contributed by atoms with Crippen molar-refractivity contribution in [1.29, 1.82) is 0 Å². The summed E-state index contributed by atoms with van der Waals surface area (Å²) in [6, 6.07) is 17.6. The van der Waals surface area contributed by atoms with Crippen LogP contribution in [0.3, 0.4) is 0 Å². The lowest BCUT2D eigenvalue weighted by molar-refractivity contribution is -0.112. The topological polar surface area (TPSA) is 92.8 Å². The van der Waals surface area contributed by atoms with E-state index in [0.717, 1.165) is 5.56 Å². The molecule has 1 aliphatic heterocycles. The summed E-state index contributed by atoms with van der Waals surface area (Å²) in [5.74, 6) is 0.0901. The number of aliphatic imine (C=N–C) groups is 1. The molecule has 1 amide bonds. The molecule has 0 aliphatic carbocycles. The first-order chi connectivity index (χ1) is 14.5. The van der Waals surface area contributed by atoms with Crippen LogP contribution in [-0.2, 0) is 11.2 Å². The third kappa shape index (κ3) is 3.93. The van der Waals surface area contributed by atoms with Crippen LogP contribution in [0.2, 0.25) is 0 Å². The summed E-state index contributed by atoms with van der Waals surface area (Å²) in [5.41, 5.74) is 10.7. The SMILES string of the molecule is COc1ccc(F)cc1-c1ccnc(N2NC(C(N)=O)=NC2Cc2ccccc2)c1. The molecule has 1 unspecified atom stereocenters. The Hall–Kier alpha value is -3.94. The Bertz CT molecular complexity index is 1100. The summed E-state index contributed by atoms with van der Waals surface area (Å²) < 4.78 is 19.2. The number of pyridine rings is 1. The van der Waals surface area contributed by atoms with Gasteiger partial charge in [-0.1, -0.05) is 30.3 Å². The number of benzene rings is 2. The largest absolute Gasteiger partial charge is 0.496 e. The fourth-order valence-corrected chi connectivity index (χ4v) is 3.34. The number of rotatable bonds is 6. The van der Waals surface area contributed by atoms with Crippen LogP contribution < -0.4 is 20.9 Å². The van der Waals surface area contributed by atoms with Gasteiger partial charge in [0.2, 0.25) is 5.84 Å². The van der Waals surface area contributed by atoms with Gasteiger partial charge in [-0.2, -0.15) is 0 Å². The maximum Gasteiger partial charge on any atom is 0.285 e. The second kappa shape index (κ2) is 8.20. The molecule has 4 rings (SSSR count). The molecule has 0 radical (unpaired) electrons. The maximum atomic E-state index is 13.9. The molecule has 0 bridgehead atoms. The first kappa shape index (κ1) is 19.4. The van der Waals surface area contributed by atoms with E-state index >= 15 is 0 Å². The van der Waals surface area contributed by atoms with Crippen LogP contribution in [0.5, 0.6) is 5.75 Å². The zero-order valence-electron chi connectivity index (χ0n) is 16.2. The number of nitrogens with zero attached hydrogens (tertiary/aromatic N) is 3. The number of hydrazine groups is 1. The normalized spacial score (nSPS) is 15.5. The predicted molar refractivity (Wildman–Crippen MR) is 112 cm³/mol. The fourth-order valence-electron chi connectivity index (χ4n) is 3.34. The van der Waals surface area contributed by atoms with Crippen molar-refractivity contribution in [3.8, 4) is 16.9 Å². The van der Waals surface area contributed by atoms with Gasteiger partial charge < -0.3 is 10.5 Å². The number of hydrogen-bond donors (Lipinski definition) is 2. The first-order valence-corrected chi connectivity index (χ1v) is 9.32. The molecular formula is C22H20FN5O2. The van der Waals surface area contributed by atoms with Crippen LogP contribution in [0.25, 0.3) is 11.1 Å². The molecule has 1 aliphatic rings. The Labute approximate surface area is 173 Å². The number of carbonyl (C=O) groups excluding carboxylic acids is 1. The quantitative estimate of drug-likeness (QED) is 0.658. The number of hydrogen-bond acceptors (Lipinski definition) is 6. The minimum atomic E-state index is -0.654. The highest BCUT2D eigenvalue weighted by Crippen LogP contribution is 2.32. The van der Waals surface area contributed by atoms with Crippen LogP contribution in [0.1, 0.15) is 5.56 Å². The highest BCUT2D eigenvalue weighted by atomic mass is 19.1. The number of halogens is 1. The van der Waals surface area contributed by atoms with Gasteiger partial charge in [0.05, 0.1) is 7.11 Å². The average molecular weight is 405 g/mol. The number of primary amides is 1. The molecule has 8 heteroatoms. The van der Waals surface area contributed by atoms with Crippen LogP contribution >= 0.6 is 0 Å². The first-order valence-electron chi connectivity index (χ1n) is 9.32. The summed E-state index contributed by atoms with van der Waals surface area (Å²) in [6.07, 6.45) is 1.73. The van der Waals surface area contributed by atoms with Gasteiger partial charge in [-0.25, -0.2) is 19.4 Å². The van der Waals surface area contributed by atoms with Crippen molar-refractivity contribution >= 4 is 17.6 Å². The van der Waals surface area contributed by atoms with Gasteiger partial charge in [0, 0.05) is 18.2 Å². The molecule has 2 aromatic carbocycles. The minimum absolute atomic E-state index is 0.0615. The molecule has 0 saturated heterocycles. The lowest BCUT2D eigenvalue weighted by atomic mass is 10.1. The van der Waals surface area contributed by atoms with Gasteiger partial charge in [0.25, 0.3) is 5.91 Å². The van der Waals surface area contributed by atoms with Crippen molar-refractivity contribution < 1.29 is 13.9 Å². The smallest absolute Gasteiger partial charge is 0.285 e. The molecule has 2 heterocycles. The standard InChI is InChI=1S/C22H20FN5O2/c1-30-18-8-7-16(23)13-17(18)15-9-10-25-19(12-15)28-20(26-22(27-28)21(24)29)11-14-5-3-2-4-6-14/h2-10,12-13,20H,11H2,1H3,(H2,24,29)(H,26,27). The zero-order chi connectivity index (χ0) is 21.1. The number of amidine groups is 1. The van der Waals surface area contributed by atoms with Crippen molar-refractivity contribution in [1.82, 2.24) is 10.4 Å². The summed E-state index contributed by atoms with van der Waals surface area (Å²) in [4.78, 5) is 20.5. The number of amides is 1. The second-order valence-corrected chi connectivity index (χ2v) is 6.74. The van der Waals surface area contributed by atoms with Crippen molar-refractivity contribution in [2.75, 3.05) is 12.1 Å². The van der Waals surface area contributed by atoms with Gasteiger partial charge >= 0.3 is 0 Å². The van der Waals surface area contributed by atoms with Crippen molar-refractivity contribution in [3.63, 3.8) is 0 Å². The molecule has 0 fully saturated rings. The number of carbonyl (C=O) groups is 1. The van der Waals surface area contributed by atoms with E-state index in [9.17, 15) is 9.18 Å². The molecule has 1 atom stereocenters. The van der Waals surface area contributed by atoms with E-state index in [4.69, 9.17) is 10.5 Å². The third-order valence-corrected chi connectivity index (χ3v) is 4.76. The zero-order valence-corrected chi connectivity index (χ0v) is 16.2. The Balaban J connectivity index is 1.69. The highest BCUT2D eigenvalue weighted by Gasteiger charge is 2.30. The molecule has 152 valence electrons. The van der Waals surface area contributed by atoms with Gasteiger partial charge in [0.15, 0.2) is 0 Å². The lowest BCUT2D eigenvalue weighted by Crippen LogP contribution is -2.45. The molecule has 3 N–H and O–H groups in total. The number of methoxy groups -OCH3 is 1. The van der Waals surface area contributed by atoms with E-state index < -0.39 is 12.1 Å². The second-order valence-electron chi connectivity index (χ2n) is 6.74. The number of aromatic nitrogens is 1. The van der Waals surface area contributed by atoms with E-state index in [1.807, 2.05) is 30.3 Å². The Kier molecular flexibility index (Phi) is 5.30. The number of nitrogens with one attached hydrogen (secondary N) is 1. The number of ether oxygens (including phenoxy) is 1. The Morgan fingerprint density at radius 1 is 1.20 bits per heavy atom. The van der Waals surface area contributed by atoms with Crippen LogP contribution in [0, 0.1) is 5.82 Å². The van der Waals surface area contributed by atoms with E-state index in [-0.39, 0.29) is 11.7 Å².